The maximum absolute atomic E-state index is 14.1. The summed E-state index contributed by atoms with van der Waals surface area (Å²) in [6.45, 7) is 2.93. The molecule has 190 valence electrons. The number of amides is 1. The summed E-state index contributed by atoms with van der Waals surface area (Å²) in [6, 6.07) is 23.0. The van der Waals surface area contributed by atoms with Gasteiger partial charge in [-0.2, -0.15) is 0 Å². The molecule has 1 aliphatic carbocycles. The van der Waals surface area contributed by atoms with E-state index >= 15 is 0 Å². The number of rotatable bonds is 7. The molecule has 2 aliphatic rings. The lowest BCUT2D eigenvalue weighted by molar-refractivity contribution is -0.138. The van der Waals surface area contributed by atoms with Crippen LogP contribution < -0.4 is 10.9 Å². The van der Waals surface area contributed by atoms with E-state index in [1.54, 1.807) is 17.7 Å². The third-order valence-electron chi connectivity index (χ3n) is 8.03. The van der Waals surface area contributed by atoms with Crippen LogP contribution in [0.5, 0.6) is 0 Å². The van der Waals surface area contributed by atoms with E-state index in [0.29, 0.717) is 19.1 Å². The number of fused-ring (bicyclic) bond motifs is 1. The van der Waals surface area contributed by atoms with Crippen molar-refractivity contribution in [2.24, 2.45) is 13.0 Å². The van der Waals surface area contributed by atoms with Crippen molar-refractivity contribution in [1.29, 1.82) is 0 Å². The number of carbonyl (C=O) groups excluding carboxylic acids is 1. The smallest absolute Gasteiger partial charge is 0.250 e. The molecular weight excluding hydrogens is 460 g/mol. The van der Waals surface area contributed by atoms with Crippen LogP contribution in [-0.2, 0) is 24.9 Å². The molecule has 6 heteroatoms. The number of benzene rings is 2. The number of nitrogens with zero attached hydrogens (tertiary/aromatic N) is 3. The van der Waals surface area contributed by atoms with Gasteiger partial charge >= 0.3 is 0 Å². The Morgan fingerprint density at radius 3 is 2.59 bits per heavy atom. The number of pyridine rings is 1. The first-order chi connectivity index (χ1) is 18.1. The number of hydrogen-bond donors (Lipinski definition) is 1. The molecule has 1 amide bonds. The van der Waals surface area contributed by atoms with Crippen LogP contribution in [0.1, 0.15) is 41.9 Å². The Balaban J connectivity index is 1.30. The van der Waals surface area contributed by atoms with Gasteiger partial charge in [0.2, 0.25) is 5.91 Å². The van der Waals surface area contributed by atoms with Gasteiger partial charge in [0.25, 0.3) is 5.56 Å². The molecule has 2 aromatic heterocycles. The van der Waals surface area contributed by atoms with E-state index in [1.807, 2.05) is 18.3 Å². The first-order valence-electron chi connectivity index (χ1n) is 13.4. The van der Waals surface area contributed by atoms with Gasteiger partial charge in [0.05, 0.1) is 5.92 Å². The SMILES string of the molecule is Cn1ccc([C@@H]2CCNC[C@H]2C(=O)N(Cc2cn(Cc3ccccc3)c3ccccc23)C2CC2)cc1=O. The minimum atomic E-state index is -0.167. The zero-order valence-electron chi connectivity index (χ0n) is 21.3. The molecule has 37 heavy (non-hydrogen) atoms. The van der Waals surface area contributed by atoms with Crippen molar-refractivity contribution >= 4 is 16.8 Å². The lowest BCUT2D eigenvalue weighted by Gasteiger charge is -2.35. The second-order valence-corrected chi connectivity index (χ2v) is 10.6. The Labute approximate surface area is 217 Å². The van der Waals surface area contributed by atoms with Gasteiger partial charge in [-0.05, 0) is 60.5 Å². The summed E-state index contributed by atoms with van der Waals surface area (Å²) in [5.41, 5.74) is 4.61. The second kappa shape index (κ2) is 10.0. The Hall–Kier alpha value is -3.64. The maximum atomic E-state index is 14.1. The molecule has 3 heterocycles. The van der Waals surface area contributed by atoms with Gasteiger partial charge in [0.15, 0.2) is 0 Å². The van der Waals surface area contributed by atoms with Gasteiger partial charge in [-0.1, -0.05) is 48.5 Å². The monoisotopic (exact) mass is 494 g/mol. The van der Waals surface area contributed by atoms with Crippen LogP contribution in [0.4, 0.5) is 0 Å². The molecular formula is C31H34N4O2. The lowest BCUT2D eigenvalue weighted by Crippen LogP contribution is -2.47. The fourth-order valence-corrected chi connectivity index (χ4v) is 5.84. The maximum Gasteiger partial charge on any atom is 0.250 e. The van der Waals surface area contributed by atoms with E-state index in [2.05, 4.69) is 69.5 Å². The zero-order valence-corrected chi connectivity index (χ0v) is 21.3. The van der Waals surface area contributed by atoms with Crippen molar-refractivity contribution in [3.05, 3.63) is 106 Å². The van der Waals surface area contributed by atoms with Crippen molar-refractivity contribution in [2.75, 3.05) is 13.1 Å². The molecule has 4 aromatic rings. The van der Waals surface area contributed by atoms with E-state index in [9.17, 15) is 9.59 Å². The van der Waals surface area contributed by atoms with Crippen LogP contribution in [0.3, 0.4) is 0 Å². The van der Waals surface area contributed by atoms with Crippen LogP contribution in [0.15, 0.2) is 83.9 Å². The molecule has 6 rings (SSSR count). The van der Waals surface area contributed by atoms with Gasteiger partial charge < -0.3 is 19.4 Å². The third kappa shape index (κ3) is 4.86. The van der Waals surface area contributed by atoms with E-state index < -0.39 is 0 Å². The molecule has 2 fully saturated rings. The molecule has 0 unspecified atom stereocenters. The van der Waals surface area contributed by atoms with Crippen molar-refractivity contribution in [3.63, 3.8) is 0 Å². The number of aryl methyl sites for hydroxylation is 1. The quantitative estimate of drug-likeness (QED) is 0.417. The van der Waals surface area contributed by atoms with E-state index in [0.717, 1.165) is 37.9 Å². The minimum absolute atomic E-state index is 0.0208. The number of nitrogens with one attached hydrogen (secondary N) is 1. The van der Waals surface area contributed by atoms with Crippen LogP contribution >= 0.6 is 0 Å². The molecule has 6 nitrogen and oxygen atoms in total. The van der Waals surface area contributed by atoms with Gasteiger partial charge in [-0.3, -0.25) is 9.59 Å². The van der Waals surface area contributed by atoms with Gasteiger partial charge in [-0.25, -0.2) is 0 Å². The van der Waals surface area contributed by atoms with E-state index in [-0.39, 0.29) is 23.3 Å². The van der Waals surface area contributed by atoms with E-state index in [1.165, 1.54) is 22.0 Å². The van der Waals surface area contributed by atoms with Crippen LogP contribution in [-0.4, -0.2) is 39.1 Å². The highest BCUT2D eigenvalue weighted by Gasteiger charge is 2.40. The Kier molecular flexibility index (Phi) is 6.43. The van der Waals surface area contributed by atoms with Gasteiger partial charge in [0.1, 0.15) is 0 Å². The predicted octanol–water partition coefficient (Wildman–Crippen LogP) is 4.27. The highest BCUT2D eigenvalue weighted by atomic mass is 16.2. The van der Waals surface area contributed by atoms with Crippen LogP contribution in [0.25, 0.3) is 10.9 Å². The first-order valence-corrected chi connectivity index (χ1v) is 13.4. The second-order valence-electron chi connectivity index (χ2n) is 10.6. The number of aromatic nitrogens is 2. The normalized spacial score (nSPS) is 19.7. The summed E-state index contributed by atoms with van der Waals surface area (Å²) >= 11 is 0. The fourth-order valence-electron chi connectivity index (χ4n) is 5.84. The summed E-state index contributed by atoms with van der Waals surface area (Å²) in [5, 5.41) is 4.66. The van der Waals surface area contributed by atoms with Crippen molar-refractivity contribution in [2.45, 2.75) is 44.3 Å². The fraction of sp³-hybridized carbons (Fsp3) is 0.355. The molecule has 2 atom stereocenters. The number of piperidine rings is 1. The molecule has 1 saturated carbocycles. The predicted molar refractivity (Wildman–Crippen MR) is 146 cm³/mol. The minimum Gasteiger partial charge on any atom is -0.343 e. The van der Waals surface area contributed by atoms with Crippen molar-refractivity contribution in [1.82, 2.24) is 19.4 Å². The molecule has 2 aromatic carbocycles. The van der Waals surface area contributed by atoms with Crippen LogP contribution in [0.2, 0.25) is 0 Å². The van der Waals surface area contributed by atoms with Crippen molar-refractivity contribution in [3.8, 4) is 0 Å². The summed E-state index contributed by atoms with van der Waals surface area (Å²) in [7, 11) is 1.76. The standard InChI is InChI=1S/C31H34N4O2/c1-33-16-14-23(17-30(33)36)26-13-15-32-18-28(26)31(37)35(25-11-12-25)21-24-20-34(19-22-7-3-2-4-8-22)29-10-6-5-9-27(24)29/h2-10,14,16-17,20,25-26,28,32H,11-13,15,18-19,21H2,1H3/t26-,28+/m0/s1. The molecule has 1 N–H and O–H groups in total. The molecule has 0 bridgehead atoms. The average Bonchev–Trinajstić information content (AvgIpc) is 3.72. The molecule has 0 radical (unpaired) electrons. The highest BCUT2D eigenvalue weighted by molar-refractivity contribution is 5.86. The number of hydrogen-bond acceptors (Lipinski definition) is 3. The summed E-state index contributed by atoms with van der Waals surface area (Å²) in [6.07, 6.45) is 7.04. The molecule has 1 aliphatic heterocycles. The summed E-state index contributed by atoms with van der Waals surface area (Å²) < 4.78 is 3.89. The topological polar surface area (TPSA) is 59.3 Å². The Morgan fingerprint density at radius 1 is 1.03 bits per heavy atom. The van der Waals surface area contributed by atoms with E-state index in [4.69, 9.17) is 0 Å². The lowest BCUT2D eigenvalue weighted by atomic mass is 9.80. The Morgan fingerprint density at radius 2 is 1.81 bits per heavy atom. The summed E-state index contributed by atoms with van der Waals surface area (Å²) in [4.78, 5) is 28.6. The van der Waals surface area contributed by atoms with Gasteiger partial charge in [0, 0.05) is 62.1 Å². The van der Waals surface area contributed by atoms with Crippen LogP contribution in [0, 0.1) is 5.92 Å². The zero-order chi connectivity index (χ0) is 25.4. The van der Waals surface area contributed by atoms with Crippen molar-refractivity contribution < 1.29 is 4.79 Å². The van der Waals surface area contributed by atoms with Gasteiger partial charge in [-0.15, -0.1) is 0 Å². The summed E-state index contributed by atoms with van der Waals surface area (Å²) in [5.74, 6) is 0.0997. The highest BCUT2D eigenvalue weighted by Crippen LogP contribution is 2.36. The average molecular weight is 495 g/mol. The first kappa shape index (κ1) is 23.7. The number of carbonyl (C=O) groups is 1. The largest absolute Gasteiger partial charge is 0.343 e. The molecule has 0 spiro atoms. The Bertz CT molecular complexity index is 1470. The molecule has 1 saturated heterocycles. The number of para-hydroxylation sites is 1. The third-order valence-corrected chi connectivity index (χ3v) is 8.03.